The number of hydrogen-bond donors (Lipinski definition) is 1. The Labute approximate surface area is 192 Å². The van der Waals surface area contributed by atoms with Crippen molar-refractivity contribution in [3.8, 4) is 11.5 Å². The topological polar surface area (TPSA) is 65.4 Å². The van der Waals surface area contributed by atoms with Crippen LogP contribution in [-0.2, 0) is 0 Å². The molecular formula is C22H23Br2N3O3. The molecule has 1 fully saturated rings. The van der Waals surface area contributed by atoms with E-state index >= 15 is 0 Å². The number of aromatic nitrogens is 2. The van der Waals surface area contributed by atoms with E-state index in [9.17, 15) is 4.79 Å². The molecule has 1 N–H and O–H groups in total. The zero-order valence-electron chi connectivity index (χ0n) is 17.1. The van der Waals surface area contributed by atoms with Crippen LogP contribution in [0.2, 0.25) is 0 Å². The molecule has 8 heteroatoms. The number of hydrogen-bond acceptors (Lipinski definition) is 5. The van der Waals surface area contributed by atoms with Crippen LogP contribution >= 0.6 is 32.1 Å². The Kier molecular flexibility index (Phi) is 6.06. The van der Waals surface area contributed by atoms with Crippen molar-refractivity contribution in [3.05, 3.63) is 50.5 Å². The summed E-state index contributed by atoms with van der Waals surface area (Å²) in [4.78, 5) is 17.3. The average molecular weight is 537 g/mol. The van der Waals surface area contributed by atoms with E-state index in [1.54, 1.807) is 19.5 Å². The first kappa shape index (κ1) is 21.2. The van der Waals surface area contributed by atoms with Crippen molar-refractivity contribution in [2.24, 2.45) is 0 Å². The smallest absolute Gasteiger partial charge is 0.277 e. The minimum atomic E-state index is -0.223. The highest BCUT2D eigenvalue weighted by molar-refractivity contribution is 9.10. The van der Waals surface area contributed by atoms with Gasteiger partial charge >= 0.3 is 0 Å². The molecule has 1 aliphatic rings. The second kappa shape index (κ2) is 8.59. The van der Waals surface area contributed by atoms with Crippen molar-refractivity contribution in [2.45, 2.75) is 45.6 Å². The van der Waals surface area contributed by atoms with Crippen molar-refractivity contribution >= 4 is 54.4 Å². The highest BCUT2D eigenvalue weighted by atomic mass is 79.9. The fourth-order valence-electron chi connectivity index (χ4n) is 3.96. The van der Waals surface area contributed by atoms with E-state index < -0.39 is 0 Å². The van der Waals surface area contributed by atoms with Gasteiger partial charge in [-0.2, -0.15) is 0 Å². The van der Waals surface area contributed by atoms with E-state index in [4.69, 9.17) is 9.47 Å². The second-order valence-electron chi connectivity index (χ2n) is 7.57. The molecule has 0 radical (unpaired) electrons. The van der Waals surface area contributed by atoms with E-state index in [2.05, 4.69) is 42.4 Å². The van der Waals surface area contributed by atoms with E-state index in [0.29, 0.717) is 27.2 Å². The minimum Gasteiger partial charge on any atom is -0.493 e. The Morgan fingerprint density at radius 2 is 1.80 bits per heavy atom. The third kappa shape index (κ3) is 3.71. The van der Waals surface area contributed by atoms with E-state index in [-0.39, 0.29) is 11.7 Å². The highest BCUT2D eigenvalue weighted by Gasteiger charge is 2.25. The van der Waals surface area contributed by atoms with Gasteiger partial charge in [0, 0.05) is 23.5 Å². The third-order valence-corrected chi connectivity index (χ3v) is 6.94. The van der Waals surface area contributed by atoms with Crippen LogP contribution in [0.15, 0.2) is 33.8 Å². The summed E-state index contributed by atoms with van der Waals surface area (Å²) in [5, 5.41) is 4.30. The van der Waals surface area contributed by atoms with Crippen molar-refractivity contribution in [1.82, 2.24) is 8.58 Å². The summed E-state index contributed by atoms with van der Waals surface area (Å²) in [6.45, 7) is 3.98. The zero-order valence-corrected chi connectivity index (χ0v) is 20.3. The van der Waals surface area contributed by atoms with Gasteiger partial charge in [0.1, 0.15) is 9.99 Å². The van der Waals surface area contributed by atoms with E-state index in [1.165, 1.54) is 3.59 Å². The van der Waals surface area contributed by atoms with Crippen LogP contribution in [0.4, 0.5) is 11.4 Å². The Balaban J connectivity index is 1.96. The quantitative estimate of drug-likeness (QED) is 0.432. The lowest BCUT2D eigenvalue weighted by Gasteiger charge is -2.21. The Morgan fingerprint density at radius 1 is 1.13 bits per heavy atom. The number of nitrogens with zero attached hydrogens (tertiary/aromatic N) is 2. The SMILES string of the molecule is COc1ccc2c(Nc3c(C)cncc3C)c(Br)c(=O)n(Br)c2c1OC1CCCC1. The number of rotatable bonds is 5. The molecule has 0 amide bonds. The van der Waals surface area contributed by atoms with Crippen LogP contribution in [0, 0.1) is 13.8 Å². The largest absolute Gasteiger partial charge is 0.493 e. The number of ether oxygens (including phenoxy) is 2. The summed E-state index contributed by atoms with van der Waals surface area (Å²) in [5.74, 6) is 1.18. The molecule has 3 aromatic rings. The molecule has 0 atom stereocenters. The Morgan fingerprint density at radius 3 is 2.43 bits per heavy atom. The lowest BCUT2D eigenvalue weighted by molar-refractivity contribution is 0.203. The van der Waals surface area contributed by atoms with Gasteiger partial charge in [-0.1, -0.05) is 0 Å². The van der Waals surface area contributed by atoms with Gasteiger partial charge in [0.25, 0.3) is 5.56 Å². The van der Waals surface area contributed by atoms with E-state index in [1.807, 2.05) is 26.0 Å². The Hall–Kier alpha value is -2.06. The van der Waals surface area contributed by atoms with Crippen molar-refractivity contribution in [2.75, 3.05) is 12.4 Å². The molecule has 6 nitrogen and oxygen atoms in total. The van der Waals surface area contributed by atoms with Crippen LogP contribution in [-0.4, -0.2) is 21.8 Å². The lowest BCUT2D eigenvalue weighted by Crippen LogP contribution is -2.18. The molecule has 1 aromatic carbocycles. The number of nitrogens with one attached hydrogen (secondary N) is 1. The number of fused-ring (bicyclic) bond motifs is 1. The predicted octanol–water partition coefficient (Wildman–Crippen LogP) is 6.01. The number of halogens is 2. The Bertz CT molecular complexity index is 1150. The maximum atomic E-state index is 13.1. The van der Waals surface area contributed by atoms with Crippen LogP contribution in [0.5, 0.6) is 11.5 Å². The van der Waals surface area contributed by atoms with Gasteiger partial charge < -0.3 is 14.8 Å². The van der Waals surface area contributed by atoms with Crippen molar-refractivity contribution in [1.29, 1.82) is 0 Å². The molecule has 2 aromatic heterocycles. The molecule has 4 rings (SSSR count). The summed E-state index contributed by atoms with van der Waals surface area (Å²) in [7, 11) is 1.61. The summed E-state index contributed by atoms with van der Waals surface area (Å²) < 4.78 is 13.8. The molecule has 0 saturated heterocycles. The van der Waals surface area contributed by atoms with Gasteiger partial charge in [-0.3, -0.25) is 9.78 Å². The van der Waals surface area contributed by atoms with Gasteiger partial charge in [-0.15, -0.1) is 0 Å². The molecule has 1 saturated carbocycles. The highest BCUT2D eigenvalue weighted by Crippen LogP contribution is 2.43. The summed E-state index contributed by atoms with van der Waals surface area (Å²) >= 11 is 6.94. The molecule has 0 spiro atoms. The van der Waals surface area contributed by atoms with Crippen LogP contribution in [0.3, 0.4) is 0 Å². The molecule has 0 aliphatic heterocycles. The van der Waals surface area contributed by atoms with Gasteiger partial charge in [0.15, 0.2) is 11.5 Å². The molecule has 30 heavy (non-hydrogen) atoms. The van der Waals surface area contributed by atoms with Crippen LogP contribution in [0.25, 0.3) is 10.9 Å². The van der Waals surface area contributed by atoms with Crippen molar-refractivity contribution < 1.29 is 9.47 Å². The van der Waals surface area contributed by atoms with E-state index in [0.717, 1.165) is 47.9 Å². The first-order valence-electron chi connectivity index (χ1n) is 9.88. The predicted molar refractivity (Wildman–Crippen MR) is 127 cm³/mol. The van der Waals surface area contributed by atoms with Gasteiger partial charge in [0.05, 0.1) is 35.0 Å². The monoisotopic (exact) mass is 535 g/mol. The van der Waals surface area contributed by atoms with Crippen molar-refractivity contribution in [3.63, 3.8) is 0 Å². The number of anilines is 2. The number of benzene rings is 1. The standard InChI is InChI=1S/C22H23Br2N3O3/c1-12-10-25-11-13(2)18(12)26-19-15-8-9-16(29-3)21(30-14-6-4-5-7-14)20(15)27(24)22(28)17(19)23/h8-11,14H,4-7H2,1-3H3,(H,25,26). The zero-order chi connectivity index (χ0) is 21.4. The fraction of sp³-hybridized carbons (Fsp3) is 0.364. The number of methoxy groups -OCH3 is 1. The fourth-order valence-corrected chi connectivity index (χ4v) is 5.21. The van der Waals surface area contributed by atoms with Gasteiger partial charge in [0.2, 0.25) is 0 Å². The summed E-state index contributed by atoms with van der Waals surface area (Å²) in [5.41, 5.74) is 4.01. The first-order valence-corrected chi connectivity index (χ1v) is 11.4. The first-order chi connectivity index (χ1) is 14.4. The van der Waals surface area contributed by atoms with Crippen LogP contribution < -0.4 is 20.3 Å². The molecule has 0 unspecified atom stereocenters. The molecule has 2 heterocycles. The molecule has 1 aliphatic carbocycles. The summed E-state index contributed by atoms with van der Waals surface area (Å²) in [6.07, 6.45) is 8.03. The maximum Gasteiger partial charge on any atom is 0.277 e. The van der Waals surface area contributed by atoms with Gasteiger partial charge in [-0.25, -0.2) is 3.59 Å². The van der Waals surface area contributed by atoms with Gasteiger partial charge in [-0.05, 0) is 78.7 Å². The number of pyridine rings is 2. The molecule has 0 bridgehead atoms. The molecule has 158 valence electrons. The lowest BCUT2D eigenvalue weighted by atomic mass is 10.1. The number of aryl methyl sites for hydroxylation is 2. The normalized spacial score (nSPS) is 14.3. The third-order valence-electron chi connectivity index (χ3n) is 5.53. The summed E-state index contributed by atoms with van der Waals surface area (Å²) in [6, 6.07) is 3.82. The maximum absolute atomic E-state index is 13.1. The molecular weight excluding hydrogens is 514 g/mol. The van der Waals surface area contributed by atoms with Crippen LogP contribution in [0.1, 0.15) is 36.8 Å². The minimum absolute atomic E-state index is 0.122. The average Bonchev–Trinajstić information content (AvgIpc) is 3.24. The second-order valence-corrected chi connectivity index (χ2v) is 9.07.